The number of imide groups is 1. The number of amides is 2. The molecule has 0 aromatic heterocycles. The van der Waals surface area contributed by atoms with E-state index in [2.05, 4.69) is 33.0 Å². The molecule has 0 aromatic rings. The lowest BCUT2D eigenvalue weighted by molar-refractivity contribution is -0.156. The van der Waals surface area contributed by atoms with E-state index in [1.54, 1.807) is 0 Å². The van der Waals surface area contributed by atoms with Crippen molar-refractivity contribution in [2.75, 3.05) is 13.1 Å². The van der Waals surface area contributed by atoms with E-state index in [4.69, 9.17) is 0 Å². The second kappa shape index (κ2) is 6.25. The first-order valence-electron chi connectivity index (χ1n) is 7.68. The van der Waals surface area contributed by atoms with E-state index in [-0.39, 0.29) is 23.3 Å². The van der Waals surface area contributed by atoms with E-state index in [0.717, 1.165) is 13.0 Å². The molecule has 1 rings (SSSR count). The van der Waals surface area contributed by atoms with Crippen LogP contribution in [0.4, 0.5) is 0 Å². The van der Waals surface area contributed by atoms with Gasteiger partial charge < -0.3 is 5.32 Å². The fourth-order valence-corrected chi connectivity index (χ4v) is 2.47. The van der Waals surface area contributed by atoms with Crippen LogP contribution in [0.3, 0.4) is 0 Å². The number of nitrogens with one attached hydrogen (secondary N) is 1. The lowest BCUT2D eigenvalue weighted by atomic mass is 9.81. The highest BCUT2D eigenvalue weighted by atomic mass is 16.2. The maximum atomic E-state index is 12.5. The Hall–Kier alpha value is -0.900. The van der Waals surface area contributed by atoms with Gasteiger partial charge in [-0.15, -0.1) is 0 Å². The molecule has 1 atom stereocenters. The lowest BCUT2D eigenvalue weighted by Gasteiger charge is -2.40. The number of likely N-dealkylation sites (tertiary alicyclic amines) is 1. The molecule has 0 aromatic carbocycles. The average Bonchev–Trinajstić information content (AvgIpc) is 2.32. The Morgan fingerprint density at radius 2 is 1.90 bits per heavy atom. The Kier molecular flexibility index (Phi) is 5.36. The van der Waals surface area contributed by atoms with Crippen LogP contribution in [0.5, 0.6) is 0 Å². The Balaban J connectivity index is 2.85. The molecule has 0 unspecified atom stereocenters. The normalized spacial score (nSPS) is 21.2. The number of piperidine rings is 1. The van der Waals surface area contributed by atoms with Crippen molar-refractivity contribution >= 4 is 11.8 Å². The van der Waals surface area contributed by atoms with Crippen molar-refractivity contribution in [3.8, 4) is 0 Å². The van der Waals surface area contributed by atoms with Crippen molar-refractivity contribution < 1.29 is 9.59 Å². The molecular formula is C16H30N2O2. The van der Waals surface area contributed by atoms with Gasteiger partial charge in [-0.25, -0.2) is 0 Å². The van der Waals surface area contributed by atoms with Crippen molar-refractivity contribution in [2.45, 2.75) is 66.8 Å². The third-order valence-corrected chi connectivity index (χ3v) is 4.14. The highest BCUT2D eigenvalue weighted by Crippen LogP contribution is 2.32. The number of carbonyl (C=O) groups excluding carboxylic acids is 2. The molecule has 1 fully saturated rings. The van der Waals surface area contributed by atoms with Crippen LogP contribution in [0.15, 0.2) is 0 Å². The van der Waals surface area contributed by atoms with Crippen LogP contribution >= 0.6 is 0 Å². The minimum Gasteiger partial charge on any atom is -0.312 e. The molecular weight excluding hydrogens is 252 g/mol. The molecule has 4 heteroatoms. The van der Waals surface area contributed by atoms with E-state index < -0.39 is 5.41 Å². The summed E-state index contributed by atoms with van der Waals surface area (Å²) in [7, 11) is 0. The Morgan fingerprint density at radius 1 is 1.30 bits per heavy atom. The van der Waals surface area contributed by atoms with E-state index in [0.29, 0.717) is 19.4 Å². The number of hydrogen-bond donors (Lipinski definition) is 1. The van der Waals surface area contributed by atoms with Gasteiger partial charge in [-0.1, -0.05) is 41.5 Å². The van der Waals surface area contributed by atoms with Crippen molar-refractivity contribution in [1.29, 1.82) is 0 Å². The van der Waals surface area contributed by atoms with Crippen molar-refractivity contribution in [1.82, 2.24) is 10.2 Å². The molecule has 1 N–H and O–H groups in total. The molecule has 4 nitrogen and oxygen atoms in total. The zero-order valence-corrected chi connectivity index (χ0v) is 13.9. The fraction of sp³-hybridized carbons (Fsp3) is 0.875. The number of hydrogen-bond acceptors (Lipinski definition) is 3. The molecule has 0 spiro atoms. The standard InChI is InChI=1S/C16H30N2O2/c1-7-10-17-12(15(2,3)4)11-18-13(19)8-9-16(5,6)14(18)20/h12,17H,7-11H2,1-6H3/t12-/m1/s1. The van der Waals surface area contributed by atoms with Crippen LogP contribution in [0.1, 0.15) is 60.8 Å². The molecule has 0 bridgehead atoms. The van der Waals surface area contributed by atoms with Gasteiger partial charge in [0.05, 0.1) is 0 Å². The highest BCUT2D eigenvalue weighted by Gasteiger charge is 2.41. The number of carbonyl (C=O) groups is 2. The van der Waals surface area contributed by atoms with E-state index >= 15 is 0 Å². The quantitative estimate of drug-likeness (QED) is 0.788. The molecule has 0 aliphatic carbocycles. The minimum absolute atomic E-state index is 0.0112. The van der Waals surface area contributed by atoms with Crippen molar-refractivity contribution in [3.63, 3.8) is 0 Å². The van der Waals surface area contributed by atoms with Gasteiger partial charge in [-0.3, -0.25) is 14.5 Å². The first kappa shape index (κ1) is 17.2. The van der Waals surface area contributed by atoms with Crippen molar-refractivity contribution in [2.24, 2.45) is 10.8 Å². The van der Waals surface area contributed by atoms with Gasteiger partial charge in [-0.2, -0.15) is 0 Å². The van der Waals surface area contributed by atoms with Gasteiger partial charge >= 0.3 is 0 Å². The molecule has 116 valence electrons. The summed E-state index contributed by atoms with van der Waals surface area (Å²) in [6, 6.07) is 0.129. The van der Waals surface area contributed by atoms with Gasteiger partial charge in [-0.05, 0) is 24.8 Å². The Labute approximate surface area is 123 Å². The van der Waals surface area contributed by atoms with E-state index in [9.17, 15) is 9.59 Å². The van der Waals surface area contributed by atoms with Crippen molar-refractivity contribution in [3.05, 3.63) is 0 Å². The zero-order chi connectivity index (χ0) is 15.6. The monoisotopic (exact) mass is 282 g/mol. The predicted molar refractivity (Wildman–Crippen MR) is 81.3 cm³/mol. The summed E-state index contributed by atoms with van der Waals surface area (Å²) in [5, 5.41) is 3.48. The Morgan fingerprint density at radius 3 is 2.40 bits per heavy atom. The van der Waals surface area contributed by atoms with Crippen LogP contribution in [0.2, 0.25) is 0 Å². The van der Waals surface area contributed by atoms with E-state index in [1.807, 2.05) is 13.8 Å². The third-order valence-electron chi connectivity index (χ3n) is 4.14. The smallest absolute Gasteiger partial charge is 0.234 e. The third kappa shape index (κ3) is 4.05. The summed E-state index contributed by atoms with van der Waals surface area (Å²) >= 11 is 0. The summed E-state index contributed by atoms with van der Waals surface area (Å²) in [6.07, 6.45) is 2.17. The molecule has 1 aliphatic rings. The summed E-state index contributed by atoms with van der Waals surface area (Å²) in [4.78, 5) is 26.1. The fourth-order valence-electron chi connectivity index (χ4n) is 2.47. The SMILES string of the molecule is CCCN[C@H](CN1C(=O)CCC(C)(C)C1=O)C(C)(C)C. The van der Waals surface area contributed by atoms with Crippen LogP contribution in [0.25, 0.3) is 0 Å². The lowest BCUT2D eigenvalue weighted by Crippen LogP contribution is -2.56. The predicted octanol–water partition coefficient (Wildman–Crippen LogP) is 2.58. The summed E-state index contributed by atoms with van der Waals surface area (Å²) in [5.74, 6) is -0.0526. The summed E-state index contributed by atoms with van der Waals surface area (Å²) in [5.41, 5.74) is -0.404. The molecule has 0 radical (unpaired) electrons. The van der Waals surface area contributed by atoms with Gasteiger partial charge in [0.25, 0.3) is 0 Å². The summed E-state index contributed by atoms with van der Waals surface area (Å²) in [6.45, 7) is 13.8. The second-order valence-corrected chi connectivity index (χ2v) is 7.57. The molecule has 20 heavy (non-hydrogen) atoms. The van der Waals surface area contributed by atoms with Crippen LogP contribution in [-0.4, -0.2) is 35.8 Å². The molecule has 0 saturated carbocycles. The summed E-state index contributed by atoms with van der Waals surface area (Å²) < 4.78 is 0. The number of rotatable bonds is 5. The maximum Gasteiger partial charge on any atom is 0.234 e. The maximum absolute atomic E-state index is 12.5. The molecule has 2 amide bonds. The molecule has 1 heterocycles. The number of nitrogens with zero attached hydrogens (tertiary/aromatic N) is 1. The first-order chi connectivity index (χ1) is 9.09. The molecule has 1 aliphatic heterocycles. The van der Waals surface area contributed by atoms with Crippen LogP contribution in [0, 0.1) is 10.8 Å². The highest BCUT2D eigenvalue weighted by molar-refractivity contribution is 6.00. The van der Waals surface area contributed by atoms with Gasteiger partial charge in [0, 0.05) is 24.4 Å². The van der Waals surface area contributed by atoms with Gasteiger partial charge in [0.1, 0.15) is 0 Å². The minimum atomic E-state index is -0.416. The van der Waals surface area contributed by atoms with Gasteiger partial charge in [0.15, 0.2) is 0 Å². The molecule has 1 saturated heterocycles. The first-order valence-corrected chi connectivity index (χ1v) is 7.68. The van der Waals surface area contributed by atoms with Crippen LogP contribution in [-0.2, 0) is 9.59 Å². The zero-order valence-electron chi connectivity index (χ0n) is 13.9. The second-order valence-electron chi connectivity index (χ2n) is 7.57. The van der Waals surface area contributed by atoms with Gasteiger partial charge in [0.2, 0.25) is 11.8 Å². The van der Waals surface area contributed by atoms with E-state index in [1.165, 1.54) is 4.90 Å². The average molecular weight is 282 g/mol. The largest absolute Gasteiger partial charge is 0.312 e. The van der Waals surface area contributed by atoms with Crippen LogP contribution < -0.4 is 5.32 Å². The Bertz CT molecular complexity index is 369. The topological polar surface area (TPSA) is 49.4 Å².